The van der Waals surface area contributed by atoms with Gasteiger partial charge in [-0.15, -0.1) is 0 Å². The van der Waals surface area contributed by atoms with E-state index in [9.17, 15) is 35.1 Å². The van der Waals surface area contributed by atoms with Crippen LogP contribution >= 0.6 is 0 Å². The molecule has 6 N–H and O–H groups in total. The molecule has 0 aromatic heterocycles. The molecule has 1 heterocycles. The highest BCUT2D eigenvalue weighted by molar-refractivity contribution is 5.80. The number of ether oxygens (including phenoxy) is 3. The third-order valence-electron chi connectivity index (χ3n) is 14.1. The summed E-state index contributed by atoms with van der Waals surface area (Å²) in [5, 5.41) is 56.9. The number of hydrogen-bond acceptors (Lipinski definition) is 10. The van der Waals surface area contributed by atoms with E-state index in [1.165, 1.54) is 128 Å². The van der Waals surface area contributed by atoms with Gasteiger partial charge in [0.2, 0.25) is 5.91 Å². The van der Waals surface area contributed by atoms with Crippen LogP contribution in [0.15, 0.2) is 60.8 Å². The van der Waals surface area contributed by atoms with Crippen molar-refractivity contribution in [2.45, 2.75) is 314 Å². The minimum absolute atomic E-state index is 0.102. The van der Waals surface area contributed by atoms with E-state index >= 15 is 0 Å². The lowest BCUT2D eigenvalue weighted by Gasteiger charge is -2.41. The minimum atomic E-state index is -1.62. The van der Waals surface area contributed by atoms with Gasteiger partial charge in [0.15, 0.2) is 12.4 Å². The fraction of sp³-hybridized carbons (Fsp3) is 0.810. The Morgan fingerprint density at radius 3 is 1.43 bits per heavy atom. The van der Waals surface area contributed by atoms with Crippen molar-refractivity contribution in [1.29, 1.82) is 0 Å². The summed E-state index contributed by atoms with van der Waals surface area (Å²) in [6.07, 6.45) is 52.6. The van der Waals surface area contributed by atoms with Gasteiger partial charge in [0.1, 0.15) is 24.4 Å². The number of carbonyl (C=O) groups is 2. The van der Waals surface area contributed by atoms with E-state index in [1.807, 2.05) is 6.08 Å². The fourth-order valence-electron chi connectivity index (χ4n) is 9.24. The number of rotatable bonds is 51. The minimum Gasteiger partial charge on any atom is -0.454 e. The lowest BCUT2D eigenvalue weighted by atomic mass is 9.99. The summed E-state index contributed by atoms with van der Waals surface area (Å²) < 4.78 is 17.6. The van der Waals surface area contributed by atoms with Gasteiger partial charge in [0.05, 0.1) is 25.4 Å². The fourth-order valence-corrected chi connectivity index (χ4v) is 9.24. The van der Waals surface area contributed by atoms with E-state index in [4.69, 9.17) is 14.2 Å². The van der Waals surface area contributed by atoms with Crippen LogP contribution in [0.4, 0.5) is 0 Å². The van der Waals surface area contributed by atoms with Gasteiger partial charge >= 0.3 is 5.97 Å². The molecule has 0 spiro atoms. The van der Waals surface area contributed by atoms with Crippen molar-refractivity contribution in [3.8, 4) is 0 Å². The van der Waals surface area contributed by atoms with E-state index < -0.39 is 67.4 Å². The molecule has 1 rings (SSSR count). The van der Waals surface area contributed by atoms with E-state index in [0.717, 1.165) is 89.9 Å². The van der Waals surface area contributed by atoms with Crippen molar-refractivity contribution in [3.05, 3.63) is 60.8 Å². The molecule has 11 heteroatoms. The molecule has 0 aromatic carbocycles. The molecule has 0 saturated carbocycles. The maximum Gasteiger partial charge on any atom is 0.306 e. The van der Waals surface area contributed by atoms with Crippen LogP contribution in [-0.4, -0.2) is 99.6 Å². The van der Waals surface area contributed by atoms with Gasteiger partial charge in [0, 0.05) is 6.42 Å². The molecule has 430 valence electrons. The summed E-state index contributed by atoms with van der Waals surface area (Å²) >= 11 is 0. The zero-order valence-electron chi connectivity index (χ0n) is 47.5. The Balaban J connectivity index is 2.70. The largest absolute Gasteiger partial charge is 0.454 e. The highest BCUT2D eigenvalue weighted by Gasteiger charge is 2.47. The molecule has 74 heavy (non-hydrogen) atoms. The summed E-state index contributed by atoms with van der Waals surface area (Å²) in [5.74, 6) is -1.22. The van der Waals surface area contributed by atoms with E-state index in [2.05, 4.69) is 74.7 Å². The monoisotopic (exact) mass is 1040 g/mol. The Kier molecular flexibility index (Phi) is 47.9. The topological polar surface area (TPSA) is 175 Å². The van der Waals surface area contributed by atoms with Crippen molar-refractivity contribution >= 4 is 11.9 Å². The first-order valence-corrected chi connectivity index (χ1v) is 30.6. The molecule has 1 fully saturated rings. The van der Waals surface area contributed by atoms with Gasteiger partial charge in [-0.1, -0.05) is 229 Å². The molecule has 0 bridgehead atoms. The molecule has 0 aromatic rings. The van der Waals surface area contributed by atoms with Crippen molar-refractivity contribution in [1.82, 2.24) is 5.32 Å². The van der Waals surface area contributed by atoms with Gasteiger partial charge in [-0.05, 0) is 89.9 Å². The maximum absolute atomic E-state index is 13.4. The number of hydrogen-bond donors (Lipinski definition) is 6. The van der Waals surface area contributed by atoms with Gasteiger partial charge in [-0.2, -0.15) is 0 Å². The lowest BCUT2D eigenvalue weighted by Crippen LogP contribution is -2.61. The molecule has 1 saturated heterocycles. The molecule has 8 atom stereocenters. The Morgan fingerprint density at radius 2 is 0.932 bits per heavy atom. The molecule has 8 unspecified atom stereocenters. The van der Waals surface area contributed by atoms with Crippen LogP contribution in [0, 0.1) is 0 Å². The second-order valence-electron chi connectivity index (χ2n) is 21.1. The van der Waals surface area contributed by atoms with Gasteiger partial charge in [-0.25, -0.2) is 0 Å². The zero-order chi connectivity index (χ0) is 54.0. The summed E-state index contributed by atoms with van der Waals surface area (Å²) in [5.41, 5.74) is 0. The Morgan fingerprint density at radius 1 is 0.527 bits per heavy atom. The zero-order valence-corrected chi connectivity index (χ0v) is 47.5. The molecule has 0 aliphatic carbocycles. The Labute approximate surface area is 452 Å². The smallest absolute Gasteiger partial charge is 0.306 e. The normalized spacial score (nSPS) is 19.7. The van der Waals surface area contributed by atoms with E-state index in [0.29, 0.717) is 12.8 Å². The molecular weight excluding hydrogens is 931 g/mol. The predicted molar refractivity (Wildman–Crippen MR) is 306 cm³/mol. The molecule has 1 aliphatic heterocycles. The van der Waals surface area contributed by atoms with Crippen molar-refractivity contribution in [2.24, 2.45) is 0 Å². The lowest BCUT2D eigenvalue weighted by molar-refractivity contribution is -0.305. The second kappa shape index (κ2) is 51.1. The average molecular weight is 1040 g/mol. The van der Waals surface area contributed by atoms with Crippen LogP contribution in [0.3, 0.4) is 0 Å². The molecular formula is C63H113NO10. The average Bonchev–Trinajstić information content (AvgIpc) is 3.40. The van der Waals surface area contributed by atoms with Crippen LogP contribution < -0.4 is 5.32 Å². The molecule has 11 nitrogen and oxygen atoms in total. The number of allylic oxidation sites excluding steroid dienone is 9. The van der Waals surface area contributed by atoms with Gasteiger partial charge in [-0.3, -0.25) is 9.59 Å². The SMILES string of the molecule is CCCCC/C=C\C/C=C\C/C=C\CCCCCCCCCC(O)C(=O)NC(COC1OC(CO)C(O)C(O)C1OC(=O)CCCCC/C=C\CCCCCCCC)C(O)/C=C/CCCCCCCCCCCC. The first-order valence-electron chi connectivity index (χ1n) is 30.6. The van der Waals surface area contributed by atoms with Crippen LogP contribution in [-0.2, 0) is 23.8 Å². The van der Waals surface area contributed by atoms with Crippen molar-refractivity contribution < 1.29 is 49.3 Å². The number of carbonyl (C=O) groups excluding carboxylic acids is 2. The highest BCUT2D eigenvalue weighted by Crippen LogP contribution is 2.26. The quantitative estimate of drug-likeness (QED) is 0.0195. The van der Waals surface area contributed by atoms with Crippen molar-refractivity contribution in [3.63, 3.8) is 0 Å². The van der Waals surface area contributed by atoms with Crippen LogP contribution in [0.1, 0.15) is 265 Å². The number of unbranched alkanes of at least 4 members (excludes halogenated alkanes) is 29. The van der Waals surface area contributed by atoms with E-state index in [1.54, 1.807) is 6.08 Å². The summed E-state index contributed by atoms with van der Waals surface area (Å²) in [4.78, 5) is 26.5. The highest BCUT2D eigenvalue weighted by atomic mass is 16.7. The predicted octanol–water partition coefficient (Wildman–Crippen LogP) is 14.2. The van der Waals surface area contributed by atoms with Gasteiger partial charge < -0.3 is 45.1 Å². The van der Waals surface area contributed by atoms with Crippen LogP contribution in [0.2, 0.25) is 0 Å². The van der Waals surface area contributed by atoms with Crippen molar-refractivity contribution in [2.75, 3.05) is 13.2 Å². The molecule has 1 amide bonds. The maximum atomic E-state index is 13.4. The summed E-state index contributed by atoms with van der Waals surface area (Å²) in [7, 11) is 0. The second-order valence-corrected chi connectivity index (χ2v) is 21.1. The number of nitrogens with one attached hydrogen (secondary N) is 1. The standard InChI is InChI=1S/C63H113NO10/c1-4-7-10-13-16-19-22-25-26-27-28-29-30-31-33-35-38-41-44-47-50-56(67)62(71)64-54(55(66)49-46-43-40-37-34-24-21-18-15-12-9-6-3)53-72-63-61(60(70)59(69)57(52-65)73-63)74-58(68)51-48-45-42-39-36-32-23-20-17-14-11-8-5-2/h16,19,25-26,28-29,32,36,46,49,54-57,59-61,63,65-67,69-70H,4-15,17-18,20-24,27,30-31,33-35,37-45,47-48,50-53H2,1-3H3,(H,64,71)/b19-16-,26-25-,29-28-,36-32-,49-46+. The van der Waals surface area contributed by atoms with Gasteiger partial charge in [0.25, 0.3) is 0 Å². The molecule has 0 radical (unpaired) electrons. The third kappa shape index (κ3) is 38.8. The van der Waals surface area contributed by atoms with E-state index in [-0.39, 0.29) is 19.4 Å². The number of esters is 1. The number of aliphatic hydroxyl groups excluding tert-OH is 5. The number of aliphatic hydroxyl groups is 5. The van der Waals surface area contributed by atoms with Crippen LogP contribution in [0.25, 0.3) is 0 Å². The number of amides is 1. The summed E-state index contributed by atoms with van der Waals surface area (Å²) in [6.45, 7) is 5.73. The Bertz CT molecular complexity index is 1430. The summed E-state index contributed by atoms with van der Waals surface area (Å²) in [6, 6.07) is -1.03. The Hall–Kier alpha value is -2.64. The van der Waals surface area contributed by atoms with Crippen LogP contribution in [0.5, 0.6) is 0 Å². The first kappa shape index (κ1) is 69.4. The third-order valence-corrected chi connectivity index (χ3v) is 14.1. The molecule has 1 aliphatic rings. The first-order chi connectivity index (χ1) is 36.2.